The van der Waals surface area contributed by atoms with Gasteiger partial charge in [0, 0.05) is 6.54 Å². The van der Waals surface area contributed by atoms with E-state index in [1.54, 1.807) is 0 Å². The Balaban J connectivity index is 2.94. The second-order valence-electron chi connectivity index (χ2n) is 3.28. The van der Waals surface area contributed by atoms with Crippen molar-refractivity contribution in [1.29, 1.82) is 0 Å². The summed E-state index contributed by atoms with van der Waals surface area (Å²) in [5.41, 5.74) is -1.40. The third-order valence-corrected chi connectivity index (χ3v) is 3.04. The van der Waals surface area contributed by atoms with E-state index in [4.69, 9.17) is 10.2 Å². The van der Waals surface area contributed by atoms with Crippen LogP contribution in [0, 0.1) is 0 Å². The van der Waals surface area contributed by atoms with Gasteiger partial charge in [0.05, 0.1) is 11.9 Å². The molecule has 0 aromatic rings. The number of aliphatic hydroxyl groups is 1. The van der Waals surface area contributed by atoms with Crippen molar-refractivity contribution >= 4 is 27.8 Å². The lowest BCUT2D eigenvalue weighted by molar-refractivity contribution is -0.158. The molecule has 2 N–H and O–H groups in total. The number of hydrogen-bond donors (Lipinski definition) is 2. The fraction of sp³-hybridized carbons (Fsp3) is 0.750. The summed E-state index contributed by atoms with van der Waals surface area (Å²) in [5, 5.41) is 18.2. The van der Waals surface area contributed by atoms with E-state index >= 15 is 0 Å². The van der Waals surface area contributed by atoms with Crippen LogP contribution < -0.4 is 0 Å². The number of halogens is 1. The minimum atomic E-state index is -1.40. The molecule has 6 heteroatoms. The van der Waals surface area contributed by atoms with Crippen LogP contribution in [0.15, 0.2) is 0 Å². The molecule has 1 aliphatic rings. The van der Waals surface area contributed by atoms with E-state index in [9.17, 15) is 9.59 Å². The lowest BCUT2D eigenvalue weighted by Crippen LogP contribution is -2.56. The van der Waals surface area contributed by atoms with Crippen molar-refractivity contribution < 1.29 is 19.8 Å². The van der Waals surface area contributed by atoms with Crippen molar-refractivity contribution in [3.05, 3.63) is 0 Å². The number of carbonyl (C=O) groups excluding carboxylic acids is 1. The van der Waals surface area contributed by atoms with Gasteiger partial charge in [-0.25, -0.2) is 4.79 Å². The van der Waals surface area contributed by atoms with Crippen molar-refractivity contribution in [3.8, 4) is 0 Å². The third kappa shape index (κ3) is 1.64. The van der Waals surface area contributed by atoms with Gasteiger partial charge in [0.1, 0.15) is 0 Å². The normalized spacial score (nSPS) is 26.6. The predicted molar refractivity (Wildman–Crippen MR) is 52.2 cm³/mol. The van der Waals surface area contributed by atoms with Crippen molar-refractivity contribution in [2.75, 3.05) is 18.5 Å². The van der Waals surface area contributed by atoms with Crippen LogP contribution in [-0.4, -0.2) is 51.0 Å². The summed E-state index contributed by atoms with van der Waals surface area (Å²) < 4.78 is 0. The van der Waals surface area contributed by atoms with Crippen LogP contribution in [0.1, 0.15) is 12.8 Å². The average molecular weight is 266 g/mol. The Hall–Kier alpha value is -0.620. The van der Waals surface area contributed by atoms with E-state index in [0.717, 1.165) is 0 Å². The van der Waals surface area contributed by atoms with Crippen molar-refractivity contribution in [3.63, 3.8) is 0 Å². The van der Waals surface area contributed by atoms with Gasteiger partial charge in [0.25, 0.3) is 0 Å². The molecule has 1 atom stereocenters. The van der Waals surface area contributed by atoms with E-state index in [1.165, 1.54) is 4.90 Å². The van der Waals surface area contributed by atoms with Gasteiger partial charge in [-0.3, -0.25) is 4.79 Å². The van der Waals surface area contributed by atoms with Gasteiger partial charge in [-0.15, -0.1) is 0 Å². The summed E-state index contributed by atoms with van der Waals surface area (Å²) in [6.07, 6.45) is 0.934. The highest BCUT2D eigenvalue weighted by molar-refractivity contribution is 9.09. The molecular weight excluding hydrogens is 254 g/mol. The first-order valence-corrected chi connectivity index (χ1v) is 5.41. The molecule has 5 nitrogen and oxygen atoms in total. The van der Waals surface area contributed by atoms with Gasteiger partial charge in [-0.05, 0) is 12.8 Å². The Morgan fingerprint density at radius 1 is 1.50 bits per heavy atom. The Kier molecular flexibility index (Phi) is 3.49. The largest absolute Gasteiger partial charge is 0.479 e. The molecule has 1 saturated heterocycles. The van der Waals surface area contributed by atoms with E-state index in [2.05, 4.69) is 15.9 Å². The zero-order chi connectivity index (χ0) is 10.8. The van der Waals surface area contributed by atoms with Crippen molar-refractivity contribution in [2.24, 2.45) is 0 Å². The maximum atomic E-state index is 11.4. The molecule has 0 aliphatic carbocycles. The number of alkyl halides is 1. The Morgan fingerprint density at radius 3 is 2.57 bits per heavy atom. The van der Waals surface area contributed by atoms with Crippen molar-refractivity contribution in [2.45, 2.75) is 18.4 Å². The summed E-state index contributed by atoms with van der Waals surface area (Å²) in [4.78, 5) is 23.7. The zero-order valence-corrected chi connectivity index (χ0v) is 9.16. The van der Waals surface area contributed by atoms with Crippen LogP contribution in [0.4, 0.5) is 0 Å². The van der Waals surface area contributed by atoms with Crippen LogP contribution in [0.3, 0.4) is 0 Å². The van der Waals surface area contributed by atoms with Crippen molar-refractivity contribution in [1.82, 2.24) is 4.90 Å². The lowest BCUT2D eigenvalue weighted by atomic mass is 9.97. The highest BCUT2D eigenvalue weighted by Gasteiger charge is 2.49. The summed E-state index contributed by atoms with van der Waals surface area (Å²) >= 11 is 2.99. The number of aliphatic carboxylic acids is 1. The van der Waals surface area contributed by atoms with Crippen LogP contribution in [0.5, 0.6) is 0 Å². The molecule has 0 spiro atoms. The summed E-state index contributed by atoms with van der Waals surface area (Å²) in [6.45, 7) is -0.127. The second kappa shape index (κ2) is 4.27. The minimum absolute atomic E-state index is 0.0853. The Bertz CT molecular complexity index is 258. The second-order valence-corrected chi connectivity index (χ2v) is 3.84. The number of likely N-dealkylation sites (tertiary alicyclic amines) is 1. The fourth-order valence-corrected chi connectivity index (χ4v) is 2.07. The monoisotopic (exact) mass is 265 g/mol. The molecule has 0 bridgehead atoms. The summed E-state index contributed by atoms with van der Waals surface area (Å²) in [5.74, 6) is -1.43. The maximum Gasteiger partial charge on any atom is 0.332 e. The first-order chi connectivity index (χ1) is 6.58. The topological polar surface area (TPSA) is 77.8 Å². The summed E-state index contributed by atoms with van der Waals surface area (Å²) in [6, 6.07) is 0. The molecule has 0 radical (unpaired) electrons. The van der Waals surface area contributed by atoms with Gasteiger partial charge < -0.3 is 15.1 Å². The third-order valence-electron chi connectivity index (χ3n) is 2.56. The number of amides is 1. The van der Waals surface area contributed by atoms with Crippen LogP contribution in [0.2, 0.25) is 0 Å². The molecular formula is C8H12BrNO4. The molecule has 0 aromatic heterocycles. The Labute approximate surface area is 89.8 Å². The molecule has 1 heterocycles. The molecule has 1 amide bonds. The van der Waals surface area contributed by atoms with Crippen LogP contribution in [-0.2, 0) is 9.59 Å². The van der Waals surface area contributed by atoms with Gasteiger partial charge in [-0.2, -0.15) is 0 Å². The van der Waals surface area contributed by atoms with Gasteiger partial charge in [-0.1, -0.05) is 15.9 Å². The average Bonchev–Trinajstić information content (AvgIpc) is 2.61. The number of carboxylic acid groups (broad SMARTS) is 1. The van der Waals surface area contributed by atoms with E-state index in [-0.39, 0.29) is 11.2 Å². The number of carbonyl (C=O) groups is 2. The molecule has 0 aromatic carbocycles. The van der Waals surface area contributed by atoms with Crippen LogP contribution in [0.25, 0.3) is 0 Å². The van der Waals surface area contributed by atoms with Gasteiger partial charge in [0.15, 0.2) is 5.54 Å². The molecule has 0 saturated carbocycles. The van der Waals surface area contributed by atoms with Crippen LogP contribution >= 0.6 is 15.9 Å². The number of nitrogens with zero attached hydrogens (tertiary/aromatic N) is 1. The molecule has 1 aliphatic heterocycles. The minimum Gasteiger partial charge on any atom is -0.479 e. The highest BCUT2D eigenvalue weighted by Crippen LogP contribution is 2.29. The molecule has 1 unspecified atom stereocenters. The van der Waals surface area contributed by atoms with E-state index in [0.29, 0.717) is 19.4 Å². The quantitative estimate of drug-likeness (QED) is 0.694. The number of rotatable bonds is 3. The number of aliphatic hydroxyl groups excluding tert-OH is 1. The fourth-order valence-electron chi connectivity index (χ4n) is 1.77. The number of carboxylic acids is 1. The number of hydrogen-bond acceptors (Lipinski definition) is 3. The SMILES string of the molecule is O=C(CBr)N1CCCC1(CO)C(=O)O. The van der Waals surface area contributed by atoms with Gasteiger partial charge in [0.2, 0.25) is 5.91 Å². The highest BCUT2D eigenvalue weighted by atomic mass is 79.9. The van der Waals surface area contributed by atoms with E-state index < -0.39 is 18.1 Å². The predicted octanol–water partition coefficient (Wildman–Crippen LogP) is -0.181. The molecule has 1 rings (SSSR count). The van der Waals surface area contributed by atoms with Gasteiger partial charge >= 0.3 is 5.97 Å². The van der Waals surface area contributed by atoms with E-state index in [1.807, 2.05) is 0 Å². The Morgan fingerprint density at radius 2 is 2.14 bits per heavy atom. The molecule has 14 heavy (non-hydrogen) atoms. The lowest BCUT2D eigenvalue weighted by Gasteiger charge is -2.32. The standard InChI is InChI=1S/C8H12BrNO4/c9-4-6(12)10-3-1-2-8(10,5-11)7(13)14/h11H,1-5H2,(H,13,14). The maximum absolute atomic E-state index is 11.4. The zero-order valence-electron chi connectivity index (χ0n) is 7.57. The summed E-state index contributed by atoms with van der Waals surface area (Å²) in [7, 11) is 0. The first kappa shape index (κ1) is 11.5. The smallest absolute Gasteiger partial charge is 0.332 e. The first-order valence-electron chi connectivity index (χ1n) is 4.29. The molecule has 1 fully saturated rings. The molecule has 80 valence electrons.